The smallest absolute Gasteiger partial charge is 0.0945 e. The summed E-state index contributed by atoms with van der Waals surface area (Å²) in [5.41, 5.74) is 5.68. The first-order valence-electron chi connectivity index (χ1n) is 7.37. The lowest BCUT2D eigenvalue weighted by molar-refractivity contribution is 0.134. The van der Waals surface area contributed by atoms with Gasteiger partial charge < -0.3 is 10.4 Å². The van der Waals surface area contributed by atoms with Crippen LogP contribution in [0.15, 0.2) is 36.7 Å². The zero-order chi connectivity index (χ0) is 15.4. The van der Waals surface area contributed by atoms with Gasteiger partial charge in [-0.3, -0.25) is 4.98 Å². The molecule has 1 aromatic carbocycles. The Bertz CT molecular complexity index is 572. The van der Waals surface area contributed by atoms with Gasteiger partial charge in [0.2, 0.25) is 0 Å². The number of aliphatic hydroxyl groups is 1. The van der Waals surface area contributed by atoms with Gasteiger partial charge in [0.1, 0.15) is 0 Å². The van der Waals surface area contributed by atoms with Crippen molar-refractivity contribution in [2.24, 2.45) is 0 Å². The van der Waals surface area contributed by atoms with E-state index in [9.17, 15) is 5.11 Å². The van der Waals surface area contributed by atoms with Gasteiger partial charge in [0.05, 0.1) is 6.10 Å². The molecule has 3 nitrogen and oxygen atoms in total. The molecule has 0 saturated carbocycles. The second-order valence-electron chi connectivity index (χ2n) is 5.79. The molecule has 112 valence electrons. The summed E-state index contributed by atoms with van der Waals surface area (Å²) in [7, 11) is 0. The van der Waals surface area contributed by atoms with Crippen molar-refractivity contribution in [3.63, 3.8) is 0 Å². The average molecular weight is 284 g/mol. The van der Waals surface area contributed by atoms with E-state index in [0.717, 1.165) is 22.3 Å². The molecule has 0 amide bonds. The third-order valence-corrected chi connectivity index (χ3v) is 3.86. The van der Waals surface area contributed by atoms with Crippen LogP contribution in [0.3, 0.4) is 0 Å². The van der Waals surface area contributed by atoms with Crippen LogP contribution in [-0.4, -0.2) is 16.1 Å². The van der Waals surface area contributed by atoms with E-state index in [-0.39, 0.29) is 6.04 Å². The maximum atomic E-state index is 10.6. The highest BCUT2D eigenvalue weighted by Crippen LogP contribution is 2.26. The second-order valence-corrected chi connectivity index (χ2v) is 5.79. The van der Waals surface area contributed by atoms with Crippen LogP contribution in [0, 0.1) is 20.8 Å². The summed E-state index contributed by atoms with van der Waals surface area (Å²) in [6, 6.07) is 8.18. The van der Waals surface area contributed by atoms with Crippen molar-refractivity contribution in [1.82, 2.24) is 10.3 Å². The van der Waals surface area contributed by atoms with Crippen LogP contribution in [-0.2, 0) is 6.54 Å². The van der Waals surface area contributed by atoms with E-state index in [1.165, 1.54) is 5.56 Å². The van der Waals surface area contributed by atoms with E-state index < -0.39 is 6.10 Å². The van der Waals surface area contributed by atoms with E-state index in [1.807, 2.05) is 25.3 Å². The van der Waals surface area contributed by atoms with Gasteiger partial charge in [-0.25, -0.2) is 0 Å². The second kappa shape index (κ2) is 6.83. The van der Waals surface area contributed by atoms with Crippen molar-refractivity contribution in [2.75, 3.05) is 0 Å². The monoisotopic (exact) mass is 284 g/mol. The molecule has 21 heavy (non-hydrogen) atoms. The number of benzene rings is 1. The van der Waals surface area contributed by atoms with Gasteiger partial charge in [-0.2, -0.15) is 0 Å². The zero-order valence-corrected chi connectivity index (χ0v) is 13.2. The Morgan fingerprint density at radius 3 is 2.43 bits per heavy atom. The van der Waals surface area contributed by atoms with Crippen molar-refractivity contribution >= 4 is 0 Å². The van der Waals surface area contributed by atoms with Crippen LogP contribution in [0.4, 0.5) is 0 Å². The number of aromatic nitrogens is 1. The summed E-state index contributed by atoms with van der Waals surface area (Å²) in [4.78, 5) is 4.10. The SMILES string of the molecule is Cc1cc(C)c(C(O)C(C)NCc2cccnc2)c(C)c1. The van der Waals surface area contributed by atoms with Crippen LogP contribution in [0.1, 0.15) is 40.8 Å². The fourth-order valence-electron chi connectivity index (χ4n) is 2.80. The highest BCUT2D eigenvalue weighted by Gasteiger charge is 2.20. The number of aliphatic hydroxyl groups excluding tert-OH is 1. The molecular weight excluding hydrogens is 260 g/mol. The van der Waals surface area contributed by atoms with Gasteiger partial charge in [-0.15, -0.1) is 0 Å². The predicted octanol–water partition coefficient (Wildman–Crippen LogP) is 3.22. The molecular formula is C18H24N2O. The summed E-state index contributed by atoms with van der Waals surface area (Å²) in [5, 5.41) is 14.0. The normalized spacial score (nSPS) is 14.0. The standard InChI is InChI=1S/C18H24N2O/c1-12-8-13(2)17(14(3)9-12)18(21)15(4)20-11-16-6-5-7-19-10-16/h5-10,15,18,20-21H,11H2,1-4H3. The van der Waals surface area contributed by atoms with Gasteiger partial charge in [-0.05, 0) is 56.0 Å². The van der Waals surface area contributed by atoms with Gasteiger partial charge in [-0.1, -0.05) is 23.8 Å². The third kappa shape index (κ3) is 3.90. The molecule has 0 aliphatic heterocycles. The number of nitrogens with one attached hydrogen (secondary N) is 1. The number of pyridine rings is 1. The lowest BCUT2D eigenvalue weighted by Gasteiger charge is -2.24. The summed E-state index contributed by atoms with van der Waals surface area (Å²) in [6.45, 7) is 8.93. The molecule has 0 saturated heterocycles. The van der Waals surface area contributed by atoms with E-state index in [1.54, 1.807) is 6.20 Å². The van der Waals surface area contributed by atoms with Gasteiger partial charge in [0.25, 0.3) is 0 Å². The Morgan fingerprint density at radius 2 is 1.86 bits per heavy atom. The third-order valence-electron chi connectivity index (χ3n) is 3.86. The topological polar surface area (TPSA) is 45.1 Å². The average Bonchev–Trinajstić information content (AvgIpc) is 2.44. The number of hydrogen-bond donors (Lipinski definition) is 2. The van der Waals surface area contributed by atoms with Crippen LogP contribution in [0.25, 0.3) is 0 Å². The number of hydrogen-bond acceptors (Lipinski definition) is 3. The molecule has 0 aliphatic carbocycles. The number of aryl methyl sites for hydroxylation is 3. The van der Waals surface area contributed by atoms with E-state index in [0.29, 0.717) is 6.54 Å². The van der Waals surface area contributed by atoms with Crippen molar-refractivity contribution in [3.8, 4) is 0 Å². The quantitative estimate of drug-likeness (QED) is 0.886. The molecule has 2 N–H and O–H groups in total. The minimum absolute atomic E-state index is 0.0229. The molecule has 0 aliphatic rings. The number of nitrogens with zero attached hydrogens (tertiary/aromatic N) is 1. The fourth-order valence-corrected chi connectivity index (χ4v) is 2.80. The van der Waals surface area contributed by atoms with Crippen LogP contribution < -0.4 is 5.32 Å². The molecule has 1 aromatic heterocycles. The highest BCUT2D eigenvalue weighted by molar-refractivity contribution is 5.39. The number of rotatable bonds is 5. The van der Waals surface area contributed by atoms with Crippen LogP contribution in [0.5, 0.6) is 0 Å². The largest absolute Gasteiger partial charge is 0.387 e. The Balaban J connectivity index is 2.07. The van der Waals surface area contributed by atoms with Gasteiger partial charge in [0, 0.05) is 25.0 Å². The molecule has 2 rings (SSSR count). The summed E-state index contributed by atoms with van der Waals surface area (Å²) in [5.74, 6) is 0. The van der Waals surface area contributed by atoms with E-state index in [2.05, 4.69) is 43.2 Å². The molecule has 3 heteroatoms. The molecule has 0 spiro atoms. The van der Waals surface area contributed by atoms with Gasteiger partial charge >= 0.3 is 0 Å². The predicted molar refractivity (Wildman–Crippen MR) is 86.2 cm³/mol. The molecule has 1 heterocycles. The molecule has 0 radical (unpaired) electrons. The zero-order valence-electron chi connectivity index (χ0n) is 13.2. The molecule has 0 fully saturated rings. The van der Waals surface area contributed by atoms with Crippen molar-refractivity contribution in [3.05, 3.63) is 64.5 Å². The molecule has 0 bridgehead atoms. The van der Waals surface area contributed by atoms with Crippen LogP contribution in [0.2, 0.25) is 0 Å². The van der Waals surface area contributed by atoms with Crippen molar-refractivity contribution < 1.29 is 5.11 Å². The van der Waals surface area contributed by atoms with Gasteiger partial charge in [0.15, 0.2) is 0 Å². The lowest BCUT2D eigenvalue weighted by Crippen LogP contribution is -2.32. The highest BCUT2D eigenvalue weighted by atomic mass is 16.3. The van der Waals surface area contributed by atoms with E-state index in [4.69, 9.17) is 0 Å². The van der Waals surface area contributed by atoms with Crippen LogP contribution >= 0.6 is 0 Å². The maximum Gasteiger partial charge on any atom is 0.0945 e. The fraction of sp³-hybridized carbons (Fsp3) is 0.389. The summed E-state index contributed by atoms with van der Waals surface area (Å²) < 4.78 is 0. The Kier molecular flexibility index (Phi) is 5.10. The minimum atomic E-state index is -0.512. The minimum Gasteiger partial charge on any atom is -0.387 e. The van der Waals surface area contributed by atoms with Crippen molar-refractivity contribution in [1.29, 1.82) is 0 Å². The Morgan fingerprint density at radius 1 is 1.19 bits per heavy atom. The Labute approximate surface area is 127 Å². The molecule has 2 aromatic rings. The van der Waals surface area contributed by atoms with E-state index >= 15 is 0 Å². The summed E-state index contributed by atoms with van der Waals surface area (Å²) in [6.07, 6.45) is 3.09. The Hall–Kier alpha value is -1.71. The maximum absolute atomic E-state index is 10.6. The first-order valence-corrected chi connectivity index (χ1v) is 7.37. The first kappa shape index (κ1) is 15.7. The summed E-state index contributed by atoms with van der Waals surface area (Å²) >= 11 is 0. The molecule has 2 atom stereocenters. The lowest BCUT2D eigenvalue weighted by atomic mass is 9.92. The van der Waals surface area contributed by atoms with Crippen molar-refractivity contribution in [2.45, 2.75) is 46.4 Å². The first-order chi connectivity index (χ1) is 9.99. The molecule has 2 unspecified atom stereocenters.